The molecule has 1 amide bonds. The van der Waals surface area contributed by atoms with Crippen LogP contribution in [0.5, 0.6) is 11.5 Å². The number of anilines is 1. The predicted octanol–water partition coefficient (Wildman–Crippen LogP) is 7.68. The van der Waals surface area contributed by atoms with Crippen LogP contribution in [-0.2, 0) is 14.4 Å². The van der Waals surface area contributed by atoms with Gasteiger partial charge in [-0.2, -0.15) is 0 Å². The van der Waals surface area contributed by atoms with Crippen LogP contribution in [0, 0.1) is 14.4 Å². The van der Waals surface area contributed by atoms with Crippen molar-refractivity contribution < 1.29 is 23.9 Å². The van der Waals surface area contributed by atoms with Crippen molar-refractivity contribution in [3.63, 3.8) is 0 Å². The van der Waals surface area contributed by atoms with E-state index in [1.165, 1.54) is 0 Å². The number of hydrogen-bond acceptors (Lipinski definition) is 6. The number of rotatable bonds is 7. The van der Waals surface area contributed by atoms with E-state index in [4.69, 9.17) is 21.1 Å². The summed E-state index contributed by atoms with van der Waals surface area (Å²) in [4.78, 5) is 42.7. The van der Waals surface area contributed by atoms with E-state index in [0.29, 0.717) is 41.6 Å². The quantitative estimate of drug-likeness (QED) is 0.296. The minimum absolute atomic E-state index is 0.0899. The molecule has 228 valence electrons. The smallest absolute Gasteiger partial charge is 0.262 e. The van der Waals surface area contributed by atoms with Crippen LogP contribution >= 0.6 is 34.2 Å². The average Bonchev–Trinajstić information content (AvgIpc) is 2.91. The first kappa shape index (κ1) is 31.6. The minimum atomic E-state index is -0.482. The fourth-order valence-electron chi connectivity index (χ4n) is 6.68. The normalized spacial score (nSPS) is 19.7. The van der Waals surface area contributed by atoms with Crippen molar-refractivity contribution in [3.8, 4) is 11.5 Å². The highest BCUT2D eigenvalue weighted by Gasteiger charge is 2.48. The van der Waals surface area contributed by atoms with Crippen molar-refractivity contribution >= 4 is 57.4 Å². The van der Waals surface area contributed by atoms with E-state index >= 15 is 0 Å². The molecule has 9 heteroatoms. The maximum atomic E-state index is 13.9. The number of ether oxygens (including phenoxy) is 2. The molecule has 0 saturated heterocycles. The van der Waals surface area contributed by atoms with Gasteiger partial charge >= 0.3 is 0 Å². The fourth-order valence-corrected chi connectivity index (χ4v) is 7.58. The number of ketones is 2. The first-order valence-corrected chi connectivity index (χ1v) is 16.0. The molecular weight excluding hydrogens is 679 g/mol. The summed E-state index contributed by atoms with van der Waals surface area (Å²) in [6.07, 6.45) is 2.39. The van der Waals surface area contributed by atoms with E-state index in [9.17, 15) is 14.4 Å². The van der Waals surface area contributed by atoms with Gasteiger partial charge in [-0.1, -0.05) is 39.3 Å². The summed E-state index contributed by atoms with van der Waals surface area (Å²) in [6.45, 7) is 11.1. The van der Waals surface area contributed by atoms with Crippen LogP contribution in [0.4, 0.5) is 5.69 Å². The molecule has 0 fully saturated rings. The Morgan fingerprint density at radius 3 is 2.05 bits per heavy atom. The summed E-state index contributed by atoms with van der Waals surface area (Å²) in [6, 6.07) is 10.6. The Labute approximate surface area is 272 Å². The summed E-state index contributed by atoms with van der Waals surface area (Å²) in [5.41, 5.74) is 4.60. The zero-order valence-electron chi connectivity index (χ0n) is 25.5. The Kier molecular flexibility index (Phi) is 8.75. The molecule has 3 aliphatic rings. The van der Waals surface area contributed by atoms with Gasteiger partial charge in [0, 0.05) is 58.6 Å². The molecule has 0 atom stereocenters. The molecule has 0 spiro atoms. The van der Waals surface area contributed by atoms with Gasteiger partial charge in [-0.3, -0.25) is 14.4 Å². The number of amides is 1. The topological polar surface area (TPSA) is 84.9 Å². The summed E-state index contributed by atoms with van der Waals surface area (Å²) in [5.74, 6) is 0.241. The van der Waals surface area contributed by atoms with Gasteiger partial charge in [0.2, 0.25) is 0 Å². The van der Waals surface area contributed by atoms with E-state index in [1.807, 2.05) is 12.1 Å². The van der Waals surface area contributed by atoms with Gasteiger partial charge in [0.15, 0.2) is 29.7 Å². The molecule has 7 nitrogen and oxygen atoms in total. The molecule has 0 unspecified atom stereocenters. The van der Waals surface area contributed by atoms with E-state index in [-0.39, 0.29) is 34.9 Å². The number of carbonyl (C=O) groups is 3. The third kappa shape index (κ3) is 6.36. The maximum Gasteiger partial charge on any atom is 0.262 e. The summed E-state index contributed by atoms with van der Waals surface area (Å²) in [5, 5.41) is 3.38. The van der Waals surface area contributed by atoms with Crippen molar-refractivity contribution in [2.75, 3.05) is 25.6 Å². The van der Waals surface area contributed by atoms with E-state index < -0.39 is 5.92 Å². The van der Waals surface area contributed by atoms with Crippen LogP contribution < -0.4 is 14.8 Å². The monoisotopic (exact) mass is 716 g/mol. The molecule has 0 saturated carbocycles. The Bertz CT molecular complexity index is 1500. The second-order valence-electron chi connectivity index (χ2n) is 13.2. The highest BCUT2D eigenvalue weighted by molar-refractivity contribution is 14.1. The number of allylic oxidation sites excluding steroid dienone is 4. The summed E-state index contributed by atoms with van der Waals surface area (Å²) in [7, 11) is 1.55. The van der Waals surface area contributed by atoms with Gasteiger partial charge in [0.25, 0.3) is 5.91 Å². The van der Waals surface area contributed by atoms with E-state index in [0.717, 1.165) is 44.5 Å². The van der Waals surface area contributed by atoms with Gasteiger partial charge in [-0.25, -0.2) is 0 Å². The summed E-state index contributed by atoms with van der Waals surface area (Å²) >= 11 is 8.11. The fraction of sp³-hybridized carbons (Fsp3) is 0.441. The number of Topliss-reactive ketones (excluding diaryl/α,β-unsaturated/α-hetero) is 2. The molecule has 1 aliphatic heterocycles. The highest BCUT2D eigenvalue weighted by Crippen LogP contribution is 2.55. The number of carbonyl (C=O) groups excluding carboxylic acids is 3. The highest BCUT2D eigenvalue weighted by atomic mass is 127. The van der Waals surface area contributed by atoms with Crippen LogP contribution in [0.25, 0.3) is 0 Å². The third-order valence-corrected chi connectivity index (χ3v) is 9.45. The van der Waals surface area contributed by atoms with Crippen molar-refractivity contribution in [2.24, 2.45) is 10.8 Å². The Morgan fingerprint density at radius 1 is 0.977 bits per heavy atom. The largest absolute Gasteiger partial charge is 0.493 e. The number of halogens is 2. The van der Waals surface area contributed by atoms with Gasteiger partial charge in [-0.15, -0.1) is 0 Å². The lowest BCUT2D eigenvalue weighted by molar-refractivity contribution is -0.120. The van der Waals surface area contributed by atoms with Crippen molar-refractivity contribution in [2.45, 2.75) is 66.2 Å². The molecule has 0 aromatic heterocycles. The zero-order chi connectivity index (χ0) is 31.3. The van der Waals surface area contributed by atoms with Gasteiger partial charge < -0.3 is 19.7 Å². The zero-order valence-corrected chi connectivity index (χ0v) is 28.4. The van der Waals surface area contributed by atoms with Crippen molar-refractivity contribution in [1.82, 2.24) is 4.90 Å². The molecule has 1 heterocycles. The van der Waals surface area contributed by atoms with Crippen LogP contribution in [0.1, 0.15) is 71.8 Å². The maximum absolute atomic E-state index is 13.9. The van der Waals surface area contributed by atoms with Gasteiger partial charge in [0.05, 0.1) is 10.7 Å². The van der Waals surface area contributed by atoms with Crippen molar-refractivity contribution in [3.05, 3.63) is 73.1 Å². The Balaban J connectivity index is 1.54. The minimum Gasteiger partial charge on any atom is -0.493 e. The number of nitrogens with zero attached hydrogens (tertiary/aromatic N) is 1. The number of nitrogens with one attached hydrogen (secondary N) is 1. The lowest BCUT2D eigenvalue weighted by Crippen LogP contribution is -2.44. The molecule has 2 aromatic carbocycles. The molecule has 2 aliphatic carbocycles. The molecule has 1 N–H and O–H groups in total. The van der Waals surface area contributed by atoms with Gasteiger partial charge in [-0.05, 0) is 95.1 Å². The molecule has 2 aromatic rings. The molecular formula is C34H38ClIN2O5. The number of benzene rings is 2. The second kappa shape index (κ2) is 11.9. The lowest BCUT2D eigenvalue weighted by Gasteiger charge is -2.49. The Hall–Kier alpha value is -2.85. The number of methoxy groups -OCH3 is 1. The molecule has 5 rings (SSSR count). The van der Waals surface area contributed by atoms with E-state index in [1.54, 1.807) is 31.4 Å². The van der Waals surface area contributed by atoms with Crippen LogP contribution in [0.2, 0.25) is 5.02 Å². The SMILES string of the molecule is CCN1C2=C(C(=O)CC(C)(C)C2)C(c2cc(I)c(OCC(=O)Nc3ccc(Cl)cc3)c(OC)c2)C2=C1CC(C)(C)CC2=O. The lowest BCUT2D eigenvalue weighted by atomic mass is 9.63. The van der Waals surface area contributed by atoms with Crippen LogP contribution in [-0.4, -0.2) is 42.6 Å². The van der Waals surface area contributed by atoms with Crippen LogP contribution in [0.15, 0.2) is 58.9 Å². The molecule has 0 bridgehead atoms. The molecule has 43 heavy (non-hydrogen) atoms. The van der Waals surface area contributed by atoms with E-state index in [2.05, 4.69) is 67.4 Å². The third-order valence-electron chi connectivity index (χ3n) is 8.40. The van der Waals surface area contributed by atoms with Crippen molar-refractivity contribution in [1.29, 1.82) is 0 Å². The standard InChI is InChI=1S/C34H38ClIN2O5/c1-7-38-23-14-33(2,3)16-25(39)30(23)29(31-24(38)15-34(4,5)17-26(31)40)19-12-22(36)32(27(13-19)42-6)43-18-28(41)37-21-10-8-20(35)9-11-21/h8-13,29H,7,14-18H2,1-6H3,(H,37,41). The first-order valence-electron chi connectivity index (χ1n) is 14.6. The summed E-state index contributed by atoms with van der Waals surface area (Å²) < 4.78 is 12.5. The first-order chi connectivity index (χ1) is 20.2. The Morgan fingerprint density at radius 2 is 1.53 bits per heavy atom. The van der Waals surface area contributed by atoms with Gasteiger partial charge in [0.1, 0.15) is 0 Å². The average molecular weight is 717 g/mol. The number of hydrogen-bond donors (Lipinski definition) is 1. The molecule has 0 radical (unpaired) electrons. The second-order valence-corrected chi connectivity index (χ2v) is 14.8. The van der Waals surface area contributed by atoms with Crippen LogP contribution in [0.3, 0.4) is 0 Å². The predicted molar refractivity (Wildman–Crippen MR) is 177 cm³/mol.